The van der Waals surface area contributed by atoms with Crippen LogP contribution in [0.1, 0.15) is 217 Å². The van der Waals surface area contributed by atoms with E-state index in [0.29, 0.717) is 29.1 Å². The molecule has 0 saturated heterocycles. The van der Waals surface area contributed by atoms with Crippen LogP contribution in [-0.2, 0) is 12.4 Å². The molecule has 4 fully saturated rings. The standard InChI is InChI=1S/C16H20O.C14H18.C12H13F3O.C12H13F3.C8H14.C5H11N/c1-10(2)16(17)15-8-13(11-3-4-11)7-14(9-15)12-5-6-12;1-10(2)11(3)12-4-6-13(7-5-12)14-8-9-14;1-7(2)11(16)9-4-8(3)5-10(6-9)12(13,14)15;1-8(2)9(3)10-4-6-11(7-5-10)12(13,14)15;1-6(2)7(3)8-4-5-8;1-4(2)5(3)6/h7-12H,3-6H2,1-2H3;4-7,10,14H,3,8-9H2,1-2H3;4-7H,1-3H3;4-8H,3H2,1-2H3;6,8H,3-5H2,1-2H3;4H,3,6H2,1-2H3. The number of hydrogen-bond donors (Lipinski definition) is 1. The van der Waals surface area contributed by atoms with E-state index in [2.05, 4.69) is 96.5 Å². The molecule has 2 N–H and O–H groups in total. The fourth-order valence-corrected chi connectivity index (χ4v) is 7.73. The van der Waals surface area contributed by atoms with Gasteiger partial charge < -0.3 is 5.73 Å². The Morgan fingerprint density at radius 1 is 0.434 bits per heavy atom. The van der Waals surface area contributed by atoms with Gasteiger partial charge in [0, 0.05) is 28.7 Å². The molecule has 4 saturated carbocycles. The van der Waals surface area contributed by atoms with Crippen LogP contribution in [0, 0.1) is 48.3 Å². The summed E-state index contributed by atoms with van der Waals surface area (Å²) in [5, 5.41) is 0. The summed E-state index contributed by atoms with van der Waals surface area (Å²) in [6.07, 6.45) is 2.12. The maximum Gasteiger partial charge on any atom is 0.416 e. The molecule has 0 aromatic heterocycles. The molecule has 4 aromatic rings. The molecule has 3 nitrogen and oxygen atoms in total. The number of aryl methyl sites for hydroxylation is 1. The van der Waals surface area contributed by atoms with Gasteiger partial charge in [0.05, 0.1) is 11.1 Å². The molecule has 76 heavy (non-hydrogen) atoms. The van der Waals surface area contributed by atoms with Crippen molar-refractivity contribution in [3.63, 3.8) is 0 Å². The highest BCUT2D eigenvalue weighted by Gasteiger charge is 2.33. The molecule has 0 aliphatic heterocycles. The highest BCUT2D eigenvalue weighted by atomic mass is 19.4. The molecule has 4 aliphatic rings. The summed E-state index contributed by atoms with van der Waals surface area (Å²) in [7, 11) is 0. The van der Waals surface area contributed by atoms with Gasteiger partial charge >= 0.3 is 12.4 Å². The van der Waals surface area contributed by atoms with Crippen molar-refractivity contribution in [2.75, 3.05) is 0 Å². The summed E-state index contributed by atoms with van der Waals surface area (Å²) in [6.45, 7) is 41.1. The Kier molecular flexibility index (Phi) is 24.6. The predicted molar refractivity (Wildman–Crippen MR) is 307 cm³/mol. The Morgan fingerprint density at radius 2 is 0.789 bits per heavy atom. The minimum absolute atomic E-state index is 0.108. The van der Waals surface area contributed by atoms with E-state index >= 15 is 0 Å². The maximum absolute atomic E-state index is 12.5. The minimum Gasteiger partial charge on any atom is -0.402 e. The summed E-state index contributed by atoms with van der Waals surface area (Å²) < 4.78 is 74.3. The highest BCUT2D eigenvalue weighted by molar-refractivity contribution is 5.98. The van der Waals surface area contributed by atoms with Gasteiger partial charge in [-0.2, -0.15) is 26.3 Å². The Balaban J connectivity index is 0.000000247. The van der Waals surface area contributed by atoms with Gasteiger partial charge in [0.15, 0.2) is 11.6 Å². The van der Waals surface area contributed by atoms with Gasteiger partial charge in [-0.05, 0) is 193 Å². The zero-order valence-electron chi connectivity index (χ0n) is 48.0. The molecular weight excluding hydrogens is 965 g/mol. The molecule has 4 aliphatic carbocycles. The van der Waals surface area contributed by atoms with Crippen molar-refractivity contribution < 1.29 is 35.9 Å². The van der Waals surface area contributed by atoms with E-state index in [1.165, 1.54) is 103 Å². The number of rotatable bonds is 14. The van der Waals surface area contributed by atoms with E-state index in [1.54, 1.807) is 20.8 Å². The van der Waals surface area contributed by atoms with Gasteiger partial charge in [-0.15, -0.1) is 0 Å². The molecule has 0 amide bonds. The number of nitrogens with two attached hydrogens (primary N) is 1. The lowest BCUT2D eigenvalue weighted by Crippen LogP contribution is -2.11. The maximum atomic E-state index is 12.5. The van der Waals surface area contributed by atoms with E-state index in [-0.39, 0.29) is 29.1 Å². The number of alkyl halides is 6. The van der Waals surface area contributed by atoms with E-state index in [1.807, 2.05) is 41.5 Å². The number of Topliss-reactive ketones (excluding diaryl/α,β-unsaturated/α-hetero) is 2. The highest BCUT2D eigenvalue weighted by Crippen LogP contribution is 2.46. The van der Waals surface area contributed by atoms with Gasteiger partial charge in [0.1, 0.15) is 0 Å². The third-order valence-electron chi connectivity index (χ3n) is 14.0. The van der Waals surface area contributed by atoms with E-state index in [4.69, 9.17) is 5.73 Å². The smallest absolute Gasteiger partial charge is 0.402 e. The van der Waals surface area contributed by atoms with Gasteiger partial charge in [-0.1, -0.05) is 157 Å². The van der Waals surface area contributed by atoms with Crippen LogP contribution in [0.2, 0.25) is 0 Å². The van der Waals surface area contributed by atoms with Crippen LogP contribution in [0.5, 0.6) is 0 Å². The first kappa shape index (κ1) is 64.8. The number of halogens is 6. The molecule has 9 heteroatoms. The van der Waals surface area contributed by atoms with Crippen molar-refractivity contribution in [3.05, 3.63) is 178 Å². The SMILES string of the molecule is C=C(C(C)C)C1CC1.C=C(N)C(C)C.C=C(c1ccc(C(F)(F)F)cc1)C(C)C.C=C(c1ccc(C2CC2)cc1)C(C)C.CC(C)C(=O)c1cc(C2CC2)cc(C2CC2)c1.Cc1cc(C(=O)C(C)C)cc(C(F)(F)F)c1. The zero-order valence-corrected chi connectivity index (χ0v) is 48.0. The second-order valence-electron chi connectivity index (χ2n) is 23.1. The summed E-state index contributed by atoms with van der Waals surface area (Å²) in [4.78, 5) is 23.7. The van der Waals surface area contributed by atoms with Crippen molar-refractivity contribution in [1.82, 2.24) is 0 Å². The number of carbonyl (C=O) groups is 2. The first-order chi connectivity index (χ1) is 35.2. The normalized spacial score (nSPS) is 15.0. The molecule has 416 valence electrons. The Hall–Kier alpha value is -5.44. The first-order valence-corrected chi connectivity index (χ1v) is 27.4. The Labute approximate surface area is 453 Å². The van der Waals surface area contributed by atoms with Gasteiger partial charge in [0.2, 0.25) is 0 Å². The molecule has 0 heterocycles. The number of benzene rings is 4. The Morgan fingerprint density at radius 3 is 1.08 bits per heavy atom. The fourth-order valence-electron chi connectivity index (χ4n) is 7.73. The quantitative estimate of drug-likeness (QED) is 0.0778. The molecule has 0 spiro atoms. The summed E-state index contributed by atoms with van der Waals surface area (Å²) >= 11 is 0. The van der Waals surface area contributed by atoms with Crippen LogP contribution in [0.3, 0.4) is 0 Å². The zero-order chi connectivity index (χ0) is 57.6. The monoisotopic (exact) mass is 1050 g/mol. The van der Waals surface area contributed by atoms with Gasteiger partial charge in [-0.3, -0.25) is 9.59 Å². The van der Waals surface area contributed by atoms with Crippen LogP contribution >= 0.6 is 0 Å². The van der Waals surface area contributed by atoms with Crippen LogP contribution in [-0.4, -0.2) is 11.6 Å². The molecule has 0 atom stereocenters. The lowest BCUT2D eigenvalue weighted by atomic mass is 9.94. The van der Waals surface area contributed by atoms with Crippen molar-refractivity contribution in [2.45, 2.75) is 171 Å². The second kappa shape index (κ2) is 28.8. The van der Waals surface area contributed by atoms with Crippen LogP contribution in [0.4, 0.5) is 26.3 Å². The number of carbonyl (C=O) groups excluding carboxylic acids is 2. The first-order valence-electron chi connectivity index (χ1n) is 27.4. The summed E-state index contributed by atoms with van der Waals surface area (Å²) in [5.74, 6) is 5.00. The van der Waals surface area contributed by atoms with Gasteiger partial charge in [0.25, 0.3) is 0 Å². The number of hydrogen-bond acceptors (Lipinski definition) is 3. The minimum atomic E-state index is -4.40. The summed E-state index contributed by atoms with van der Waals surface area (Å²) in [5.41, 5.74) is 16.1. The molecule has 0 unspecified atom stereocenters. The molecule has 0 bridgehead atoms. The van der Waals surface area contributed by atoms with Crippen molar-refractivity contribution in [2.24, 2.45) is 47.2 Å². The van der Waals surface area contributed by atoms with Crippen molar-refractivity contribution in [1.29, 1.82) is 0 Å². The lowest BCUT2D eigenvalue weighted by Gasteiger charge is -2.11. The average molecular weight is 1050 g/mol. The van der Waals surface area contributed by atoms with Gasteiger partial charge in [-0.25, -0.2) is 0 Å². The molecule has 8 rings (SSSR count). The fraction of sp³-hybridized carbons (Fsp3) is 0.493. The van der Waals surface area contributed by atoms with E-state index in [0.717, 1.165) is 70.3 Å². The summed E-state index contributed by atoms with van der Waals surface area (Å²) in [6, 6.07) is 24.1. The number of ketones is 2. The van der Waals surface area contributed by atoms with Crippen LogP contribution in [0.25, 0.3) is 11.1 Å². The predicted octanol–water partition coefficient (Wildman–Crippen LogP) is 20.5. The second-order valence-corrected chi connectivity index (χ2v) is 23.1. The molecular formula is C67H89F6NO2. The lowest BCUT2D eigenvalue weighted by molar-refractivity contribution is -0.138. The topological polar surface area (TPSA) is 60.2 Å². The van der Waals surface area contributed by atoms with Crippen molar-refractivity contribution >= 4 is 22.7 Å². The Bertz CT molecular complexity index is 2520. The number of allylic oxidation sites excluding steroid dienone is 4. The van der Waals surface area contributed by atoms with Crippen LogP contribution in [0.15, 0.2) is 123 Å². The van der Waals surface area contributed by atoms with E-state index < -0.39 is 23.5 Å². The van der Waals surface area contributed by atoms with E-state index in [9.17, 15) is 35.9 Å². The third-order valence-corrected chi connectivity index (χ3v) is 14.0. The third kappa shape index (κ3) is 22.3. The molecule has 0 radical (unpaired) electrons. The molecule has 4 aromatic carbocycles. The van der Waals surface area contributed by atoms with Crippen LogP contribution < -0.4 is 5.73 Å². The average Bonchev–Trinajstić information content (AvgIpc) is 4.15. The largest absolute Gasteiger partial charge is 0.416 e. The van der Waals surface area contributed by atoms with Crippen molar-refractivity contribution in [3.8, 4) is 0 Å².